The maximum atomic E-state index is 3.77. The summed E-state index contributed by atoms with van der Waals surface area (Å²) < 4.78 is 0. The second-order valence-corrected chi connectivity index (χ2v) is 5.32. The Balaban J connectivity index is 2.78. The zero-order valence-electron chi connectivity index (χ0n) is 11.1. The molecule has 0 aliphatic carbocycles. The molecule has 1 heterocycles. The third-order valence-electron chi connectivity index (χ3n) is 4.13. The van der Waals surface area contributed by atoms with Gasteiger partial charge >= 0.3 is 0 Å². The number of hydrogen-bond donors (Lipinski definition) is 1. The normalized spacial score (nSPS) is 28.0. The van der Waals surface area contributed by atoms with Crippen LogP contribution in [0.5, 0.6) is 0 Å². The minimum atomic E-state index is 0.356. The Bertz CT molecular complexity index is 185. The van der Waals surface area contributed by atoms with Crippen molar-refractivity contribution in [3.8, 4) is 0 Å². The van der Waals surface area contributed by atoms with Crippen molar-refractivity contribution in [3.63, 3.8) is 0 Å². The first kappa shape index (κ1) is 13.0. The molecule has 0 aromatic rings. The molecule has 0 bridgehead atoms. The summed E-state index contributed by atoms with van der Waals surface area (Å²) in [6.07, 6.45) is 3.75. The molecule has 0 radical (unpaired) electrons. The van der Waals surface area contributed by atoms with Crippen molar-refractivity contribution in [1.82, 2.24) is 10.2 Å². The van der Waals surface area contributed by atoms with Gasteiger partial charge in [-0.05, 0) is 46.6 Å². The summed E-state index contributed by atoms with van der Waals surface area (Å²) in [7, 11) is 0. The largest absolute Gasteiger partial charge is 0.310 e. The minimum Gasteiger partial charge on any atom is -0.310 e. The first-order valence-electron chi connectivity index (χ1n) is 6.55. The fourth-order valence-electron chi connectivity index (χ4n) is 2.69. The summed E-state index contributed by atoms with van der Waals surface area (Å²) in [5, 5.41) is 3.77. The lowest BCUT2D eigenvalue weighted by Gasteiger charge is -2.39. The number of hydrogen-bond acceptors (Lipinski definition) is 2. The average Bonchev–Trinajstić information content (AvgIpc) is 2.38. The standard InChI is InChI=1S/C13H28N2/c1-6-13(7-2)10-15(11(3)4)12(5)8-9-14-13/h11-12,14H,6-10H2,1-5H3. The van der Waals surface area contributed by atoms with Crippen LogP contribution in [0.4, 0.5) is 0 Å². The van der Waals surface area contributed by atoms with Gasteiger partial charge in [0.2, 0.25) is 0 Å². The SMILES string of the molecule is CCC1(CC)CN(C(C)C)C(C)CCN1. The molecule has 0 aromatic carbocycles. The van der Waals surface area contributed by atoms with Gasteiger partial charge in [0, 0.05) is 24.2 Å². The summed E-state index contributed by atoms with van der Waals surface area (Å²) in [6.45, 7) is 14.0. The Morgan fingerprint density at radius 1 is 1.33 bits per heavy atom. The van der Waals surface area contributed by atoms with Crippen molar-refractivity contribution >= 4 is 0 Å². The van der Waals surface area contributed by atoms with E-state index in [-0.39, 0.29) is 0 Å². The van der Waals surface area contributed by atoms with E-state index in [0.29, 0.717) is 11.6 Å². The van der Waals surface area contributed by atoms with Crippen molar-refractivity contribution in [2.45, 2.75) is 71.5 Å². The van der Waals surface area contributed by atoms with E-state index in [2.05, 4.69) is 44.8 Å². The maximum Gasteiger partial charge on any atom is 0.0303 e. The van der Waals surface area contributed by atoms with Gasteiger partial charge in [-0.1, -0.05) is 13.8 Å². The van der Waals surface area contributed by atoms with Crippen LogP contribution in [0.15, 0.2) is 0 Å². The Hall–Kier alpha value is -0.0800. The lowest BCUT2D eigenvalue weighted by Crippen LogP contribution is -2.52. The van der Waals surface area contributed by atoms with Gasteiger partial charge in [-0.25, -0.2) is 0 Å². The first-order valence-corrected chi connectivity index (χ1v) is 6.55. The number of nitrogens with one attached hydrogen (secondary N) is 1. The highest BCUT2D eigenvalue weighted by Crippen LogP contribution is 2.23. The van der Waals surface area contributed by atoms with Gasteiger partial charge in [-0.15, -0.1) is 0 Å². The highest BCUT2D eigenvalue weighted by Gasteiger charge is 2.33. The molecule has 1 N–H and O–H groups in total. The molecule has 1 aliphatic heterocycles. The van der Waals surface area contributed by atoms with Gasteiger partial charge in [0.05, 0.1) is 0 Å². The van der Waals surface area contributed by atoms with Crippen LogP contribution < -0.4 is 5.32 Å². The fourth-order valence-corrected chi connectivity index (χ4v) is 2.69. The molecule has 1 fully saturated rings. The van der Waals surface area contributed by atoms with Crippen LogP contribution in [0.1, 0.15) is 53.9 Å². The molecule has 2 nitrogen and oxygen atoms in total. The van der Waals surface area contributed by atoms with Gasteiger partial charge in [-0.3, -0.25) is 4.90 Å². The summed E-state index contributed by atoms with van der Waals surface area (Å²) in [5.74, 6) is 0. The van der Waals surface area contributed by atoms with E-state index >= 15 is 0 Å². The molecule has 0 spiro atoms. The lowest BCUT2D eigenvalue weighted by molar-refractivity contribution is 0.125. The van der Waals surface area contributed by atoms with Crippen LogP contribution in [-0.2, 0) is 0 Å². The molecule has 1 unspecified atom stereocenters. The molecular formula is C13H28N2. The monoisotopic (exact) mass is 212 g/mol. The van der Waals surface area contributed by atoms with Gasteiger partial charge in [0.25, 0.3) is 0 Å². The zero-order valence-corrected chi connectivity index (χ0v) is 11.1. The van der Waals surface area contributed by atoms with E-state index in [1.807, 2.05) is 0 Å². The van der Waals surface area contributed by atoms with E-state index < -0.39 is 0 Å². The van der Waals surface area contributed by atoms with Crippen LogP contribution in [0.3, 0.4) is 0 Å². The van der Waals surface area contributed by atoms with E-state index in [1.54, 1.807) is 0 Å². The first-order chi connectivity index (χ1) is 7.04. The van der Waals surface area contributed by atoms with E-state index in [4.69, 9.17) is 0 Å². The molecule has 90 valence electrons. The van der Waals surface area contributed by atoms with E-state index in [9.17, 15) is 0 Å². The quantitative estimate of drug-likeness (QED) is 0.773. The smallest absolute Gasteiger partial charge is 0.0303 e. The molecular weight excluding hydrogens is 184 g/mol. The van der Waals surface area contributed by atoms with E-state index in [1.165, 1.54) is 32.4 Å². The van der Waals surface area contributed by atoms with Crippen molar-refractivity contribution < 1.29 is 0 Å². The molecule has 0 amide bonds. The second kappa shape index (κ2) is 5.31. The lowest BCUT2D eigenvalue weighted by atomic mass is 9.92. The predicted molar refractivity (Wildman–Crippen MR) is 67.2 cm³/mol. The molecule has 1 saturated heterocycles. The van der Waals surface area contributed by atoms with Crippen LogP contribution >= 0.6 is 0 Å². The minimum absolute atomic E-state index is 0.356. The molecule has 1 aliphatic rings. The molecule has 15 heavy (non-hydrogen) atoms. The van der Waals surface area contributed by atoms with Crippen LogP contribution in [0.25, 0.3) is 0 Å². The van der Waals surface area contributed by atoms with Crippen molar-refractivity contribution in [3.05, 3.63) is 0 Å². The van der Waals surface area contributed by atoms with Crippen molar-refractivity contribution in [2.24, 2.45) is 0 Å². The van der Waals surface area contributed by atoms with Crippen LogP contribution in [-0.4, -0.2) is 35.6 Å². The summed E-state index contributed by atoms with van der Waals surface area (Å²) >= 11 is 0. The topological polar surface area (TPSA) is 15.3 Å². The molecule has 2 heteroatoms. The Labute approximate surface area is 95.4 Å². The zero-order chi connectivity index (χ0) is 11.5. The second-order valence-electron chi connectivity index (χ2n) is 5.32. The Morgan fingerprint density at radius 3 is 2.40 bits per heavy atom. The fraction of sp³-hybridized carbons (Fsp3) is 1.00. The van der Waals surface area contributed by atoms with Gasteiger partial charge in [0.1, 0.15) is 0 Å². The summed E-state index contributed by atoms with van der Waals surface area (Å²) in [5.41, 5.74) is 0.356. The third kappa shape index (κ3) is 2.94. The molecule has 1 atom stereocenters. The van der Waals surface area contributed by atoms with Gasteiger partial charge in [-0.2, -0.15) is 0 Å². The van der Waals surface area contributed by atoms with Gasteiger partial charge < -0.3 is 5.32 Å². The Kier molecular flexibility index (Phi) is 4.60. The summed E-state index contributed by atoms with van der Waals surface area (Å²) in [4.78, 5) is 2.66. The highest BCUT2D eigenvalue weighted by atomic mass is 15.2. The summed E-state index contributed by atoms with van der Waals surface area (Å²) in [6, 6.07) is 1.38. The average molecular weight is 212 g/mol. The molecule has 1 rings (SSSR count). The highest BCUT2D eigenvalue weighted by molar-refractivity contribution is 4.93. The maximum absolute atomic E-state index is 3.77. The predicted octanol–water partition coefficient (Wildman–Crippen LogP) is 2.64. The van der Waals surface area contributed by atoms with Crippen LogP contribution in [0, 0.1) is 0 Å². The molecule has 0 saturated carbocycles. The van der Waals surface area contributed by atoms with Crippen molar-refractivity contribution in [2.75, 3.05) is 13.1 Å². The van der Waals surface area contributed by atoms with Crippen molar-refractivity contribution in [1.29, 1.82) is 0 Å². The van der Waals surface area contributed by atoms with Crippen LogP contribution in [0.2, 0.25) is 0 Å². The Morgan fingerprint density at radius 2 is 1.93 bits per heavy atom. The third-order valence-corrected chi connectivity index (χ3v) is 4.13. The van der Waals surface area contributed by atoms with Gasteiger partial charge in [0.15, 0.2) is 0 Å². The van der Waals surface area contributed by atoms with E-state index in [0.717, 1.165) is 6.04 Å². The number of rotatable bonds is 3. The molecule has 0 aromatic heterocycles. The number of nitrogens with zero attached hydrogens (tertiary/aromatic N) is 1.